The molecule has 1 aliphatic heterocycles. The van der Waals surface area contributed by atoms with Crippen molar-refractivity contribution in [3.8, 4) is 5.75 Å². The van der Waals surface area contributed by atoms with Crippen molar-refractivity contribution in [1.82, 2.24) is 0 Å². The van der Waals surface area contributed by atoms with Crippen LogP contribution < -0.4 is 9.64 Å². The minimum Gasteiger partial charge on any atom is -0.489 e. The Kier molecular flexibility index (Phi) is 2.99. The Bertz CT molecular complexity index is 392. The van der Waals surface area contributed by atoms with E-state index in [1.54, 1.807) is 6.92 Å². The van der Waals surface area contributed by atoms with Crippen molar-refractivity contribution in [3.05, 3.63) is 24.3 Å². The lowest BCUT2D eigenvalue weighted by Crippen LogP contribution is -2.46. The van der Waals surface area contributed by atoms with Gasteiger partial charge in [0.25, 0.3) is 0 Å². The summed E-state index contributed by atoms with van der Waals surface area (Å²) < 4.78 is 10.5. The van der Waals surface area contributed by atoms with Gasteiger partial charge < -0.3 is 14.4 Å². The van der Waals surface area contributed by atoms with Crippen LogP contribution >= 0.6 is 0 Å². The van der Waals surface area contributed by atoms with Gasteiger partial charge in [0.15, 0.2) is 6.04 Å². The van der Waals surface area contributed by atoms with E-state index in [9.17, 15) is 4.79 Å². The van der Waals surface area contributed by atoms with Gasteiger partial charge in [-0.25, -0.2) is 4.79 Å². The number of hydrogen-bond acceptors (Lipinski definition) is 4. The average molecular weight is 221 g/mol. The van der Waals surface area contributed by atoms with E-state index >= 15 is 0 Å². The number of rotatable bonds is 2. The molecule has 4 nitrogen and oxygen atoms in total. The number of benzene rings is 1. The third kappa shape index (κ3) is 1.83. The topological polar surface area (TPSA) is 38.8 Å². The molecule has 86 valence electrons. The Hall–Kier alpha value is -1.71. The molecule has 0 saturated carbocycles. The van der Waals surface area contributed by atoms with Crippen molar-refractivity contribution in [2.75, 3.05) is 25.2 Å². The van der Waals surface area contributed by atoms with Crippen molar-refractivity contribution >= 4 is 11.7 Å². The molecular weight excluding hydrogens is 206 g/mol. The number of anilines is 1. The summed E-state index contributed by atoms with van der Waals surface area (Å²) in [5, 5.41) is 0. The Labute approximate surface area is 94.8 Å². The van der Waals surface area contributed by atoms with Crippen molar-refractivity contribution in [3.63, 3.8) is 0 Å². The van der Waals surface area contributed by atoms with Gasteiger partial charge in [0.1, 0.15) is 12.4 Å². The van der Waals surface area contributed by atoms with Crippen molar-refractivity contribution in [2.45, 2.75) is 13.0 Å². The molecule has 2 rings (SSSR count). The van der Waals surface area contributed by atoms with Gasteiger partial charge in [-0.3, -0.25) is 0 Å². The van der Waals surface area contributed by atoms with Gasteiger partial charge in [-0.2, -0.15) is 0 Å². The van der Waals surface area contributed by atoms with Crippen molar-refractivity contribution < 1.29 is 14.3 Å². The maximum atomic E-state index is 11.7. The number of para-hydroxylation sites is 2. The smallest absolute Gasteiger partial charge is 0.332 e. The van der Waals surface area contributed by atoms with E-state index in [4.69, 9.17) is 9.47 Å². The van der Waals surface area contributed by atoms with Gasteiger partial charge in [0, 0.05) is 7.05 Å². The largest absolute Gasteiger partial charge is 0.489 e. The molecule has 0 aliphatic carbocycles. The molecule has 1 unspecified atom stereocenters. The second-order valence-electron chi connectivity index (χ2n) is 3.66. The fourth-order valence-electron chi connectivity index (χ4n) is 1.78. The summed E-state index contributed by atoms with van der Waals surface area (Å²) in [5.41, 5.74) is 0.923. The van der Waals surface area contributed by atoms with Crippen LogP contribution in [0.5, 0.6) is 5.75 Å². The number of carbonyl (C=O) groups excluding carboxylic acids is 1. The predicted molar refractivity (Wildman–Crippen MR) is 60.8 cm³/mol. The van der Waals surface area contributed by atoms with Crippen LogP contribution in [-0.2, 0) is 9.53 Å². The Morgan fingerprint density at radius 1 is 1.56 bits per heavy atom. The normalized spacial score (nSPS) is 18.6. The predicted octanol–water partition coefficient (Wildman–Crippen LogP) is 1.45. The maximum absolute atomic E-state index is 11.7. The summed E-state index contributed by atoms with van der Waals surface area (Å²) in [6.07, 6.45) is 0. The summed E-state index contributed by atoms with van der Waals surface area (Å²) in [6.45, 7) is 2.53. The number of fused-ring (bicyclic) bond motifs is 1. The first kappa shape index (κ1) is 10.8. The zero-order chi connectivity index (χ0) is 11.5. The molecule has 0 spiro atoms. The van der Waals surface area contributed by atoms with Gasteiger partial charge in [-0.1, -0.05) is 12.1 Å². The highest BCUT2D eigenvalue weighted by molar-refractivity contribution is 5.82. The van der Waals surface area contributed by atoms with E-state index in [0.29, 0.717) is 13.2 Å². The van der Waals surface area contributed by atoms with Gasteiger partial charge >= 0.3 is 5.97 Å². The van der Waals surface area contributed by atoms with Crippen LogP contribution in [0.15, 0.2) is 24.3 Å². The number of nitrogens with zero attached hydrogens (tertiary/aromatic N) is 1. The van der Waals surface area contributed by atoms with E-state index < -0.39 is 0 Å². The number of likely N-dealkylation sites (N-methyl/N-ethyl adjacent to an activating group) is 1. The van der Waals surface area contributed by atoms with Crippen LogP contribution in [-0.4, -0.2) is 32.3 Å². The number of ether oxygens (including phenoxy) is 2. The standard InChI is InChI=1S/C12H15NO3/c1-3-15-12(14)10-8-16-11-7-5-4-6-9(11)13(10)2/h4-7,10H,3,8H2,1-2H3. The third-order valence-electron chi connectivity index (χ3n) is 2.67. The van der Waals surface area contributed by atoms with Crippen LogP contribution in [0.25, 0.3) is 0 Å². The molecule has 0 saturated heterocycles. The van der Waals surface area contributed by atoms with E-state index in [2.05, 4.69) is 0 Å². The molecule has 0 N–H and O–H groups in total. The summed E-state index contributed by atoms with van der Waals surface area (Å²) >= 11 is 0. The molecule has 1 heterocycles. The first-order chi connectivity index (χ1) is 7.74. The molecule has 16 heavy (non-hydrogen) atoms. The van der Waals surface area contributed by atoms with E-state index in [1.165, 1.54) is 0 Å². The summed E-state index contributed by atoms with van der Waals surface area (Å²) in [5.74, 6) is 0.574. The van der Waals surface area contributed by atoms with Gasteiger partial charge in [0.05, 0.1) is 12.3 Å². The van der Waals surface area contributed by atoms with Crippen LogP contribution in [0.3, 0.4) is 0 Å². The first-order valence-electron chi connectivity index (χ1n) is 5.35. The van der Waals surface area contributed by atoms with Crippen molar-refractivity contribution in [1.29, 1.82) is 0 Å². The van der Waals surface area contributed by atoms with Gasteiger partial charge in [0.2, 0.25) is 0 Å². The van der Waals surface area contributed by atoms with Gasteiger partial charge in [-0.15, -0.1) is 0 Å². The molecule has 0 amide bonds. The third-order valence-corrected chi connectivity index (χ3v) is 2.67. The molecule has 0 aromatic heterocycles. The minimum atomic E-state index is -0.352. The van der Waals surface area contributed by atoms with Gasteiger partial charge in [-0.05, 0) is 19.1 Å². The lowest BCUT2D eigenvalue weighted by Gasteiger charge is -2.33. The summed E-state index contributed by atoms with van der Waals surface area (Å²) in [6, 6.07) is 7.31. The molecule has 0 fully saturated rings. The Morgan fingerprint density at radius 3 is 3.06 bits per heavy atom. The minimum absolute atomic E-state index is 0.237. The lowest BCUT2D eigenvalue weighted by atomic mass is 10.2. The van der Waals surface area contributed by atoms with Crippen LogP contribution in [0.4, 0.5) is 5.69 Å². The molecule has 1 aliphatic rings. The first-order valence-corrected chi connectivity index (χ1v) is 5.35. The number of hydrogen-bond donors (Lipinski definition) is 0. The highest BCUT2D eigenvalue weighted by Crippen LogP contribution is 2.32. The summed E-state index contributed by atoms with van der Waals surface area (Å²) in [4.78, 5) is 13.6. The fraction of sp³-hybridized carbons (Fsp3) is 0.417. The highest BCUT2D eigenvalue weighted by Gasteiger charge is 2.31. The van der Waals surface area contributed by atoms with Crippen LogP contribution in [0.1, 0.15) is 6.92 Å². The average Bonchev–Trinajstić information content (AvgIpc) is 2.30. The fourth-order valence-corrected chi connectivity index (χ4v) is 1.78. The molecule has 0 bridgehead atoms. The second-order valence-corrected chi connectivity index (χ2v) is 3.66. The van der Waals surface area contributed by atoms with E-state index in [-0.39, 0.29) is 12.0 Å². The molecule has 1 aromatic rings. The lowest BCUT2D eigenvalue weighted by molar-refractivity contribution is -0.145. The second kappa shape index (κ2) is 4.43. The summed E-state index contributed by atoms with van der Waals surface area (Å²) in [7, 11) is 1.88. The quantitative estimate of drug-likeness (QED) is 0.708. The highest BCUT2D eigenvalue weighted by atomic mass is 16.5. The molecule has 0 radical (unpaired) electrons. The Balaban J connectivity index is 2.21. The molecule has 1 atom stereocenters. The van der Waals surface area contributed by atoms with Crippen molar-refractivity contribution in [2.24, 2.45) is 0 Å². The number of esters is 1. The number of carbonyl (C=O) groups is 1. The molecule has 1 aromatic carbocycles. The van der Waals surface area contributed by atoms with Crippen LogP contribution in [0, 0.1) is 0 Å². The zero-order valence-corrected chi connectivity index (χ0v) is 9.47. The molecule has 4 heteroatoms. The van der Waals surface area contributed by atoms with E-state index in [0.717, 1.165) is 11.4 Å². The SMILES string of the molecule is CCOC(=O)C1COc2ccccc2N1C. The molecular formula is C12H15NO3. The zero-order valence-electron chi connectivity index (χ0n) is 9.47. The maximum Gasteiger partial charge on any atom is 0.332 e. The van der Waals surface area contributed by atoms with E-state index in [1.807, 2.05) is 36.2 Å². The van der Waals surface area contributed by atoms with Crippen LogP contribution in [0.2, 0.25) is 0 Å². The Morgan fingerprint density at radius 2 is 2.31 bits per heavy atom. The monoisotopic (exact) mass is 221 g/mol.